The molecular formula is C13H17ClN2O2. The van der Waals surface area contributed by atoms with Crippen molar-refractivity contribution >= 4 is 17.5 Å². The number of hydrogen-bond donors (Lipinski definition) is 2. The molecule has 1 aliphatic heterocycles. The molecule has 0 aliphatic carbocycles. The molecule has 2 rings (SSSR count). The summed E-state index contributed by atoms with van der Waals surface area (Å²) in [5, 5.41) is 6.85. The number of hydrogen-bond acceptors (Lipinski definition) is 3. The molecule has 1 heterocycles. The molecule has 1 fully saturated rings. The van der Waals surface area contributed by atoms with Crippen LogP contribution in [-0.2, 0) is 11.3 Å². The maximum Gasteiger partial charge on any atom is 0.220 e. The van der Waals surface area contributed by atoms with E-state index in [0.29, 0.717) is 17.2 Å². The van der Waals surface area contributed by atoms with E-state index in [2.05, 4.69) is 10.6 Å². The van der Waals surface area contributed by atoms with E-state index in [1.807, 2.05) is 18.2 Å². The SMILES string of the molecule is COc1ccc(CNCC2CCC(=O)N2)cc1Cl. The molecule has 4 nitrogen and oxygen atoms in total. The summed E-state index contributed by atoms with van der Waals surface area (Å²) in [5.41, 5.74) is 1.10. The Balaban J connectivity index is 1.79. The van der Waals surface area contributed by atoms with E-state index in [-0.39, 0.29) is 11.9 Å². The zero-order valence-corrected chi connectivity index (χ0v) is 11.1. The van der Waals surface area contributed by atoms with Crippen molar-refractivity contribution in [3.05, 3.63) is 28.8 Å². The lowest BCUT2D eigenvalue weighted by molar-refractivity contribution is -0.119. The van der Waals surface area contributed by atoms with Crippen molar-refractivity contribution < 1.29 is 9.53 Å². The molecule has 2 N–H and O–H groups in total. The van der Waals surface area contributed by atoms with Gasteiger partial charge in [-0.2, -0.15) is 0 Å². The second kappa shape index (κ2) is 6.07. The van der Waals surface area contributed by atoms with Crippen LogP contribution in [0.15, 0.2) is 18.2 Å². The molecule has 0 saturated carbocycles. The van der Waals surface area contributed by atoms with Gasteiger partial charge in [0.15, 0.2) is 0 Å². The van der Waals surface area contributed by atoms with Gasteiger partial charge in [0, 0.05) is 25.6 Å². The topological polar surface area (TPSA) is 50.4 Å². The van der Waals surface area contributed by atoms with Crippen molar-refractivity contribution in [3.63, 3.8) is 0 Å². The Hall–Kier alpha value is -1.26. The summed E-state index contributed by atoms with van der Waals surface area (Å²) in [6, 6.07) is 5.98. The zero-order chi connectivity index (χ0) is 13.0. The fraction of sp³-hybridized carbons (Fsp3) is 0.462. The highest BCUT2D eigenvalue weighted by Gasteiger charge is 2.19. The minimum Gasteiger partial charge on any atom is -0.495 e. The normalized spacial score (nSPS) is 18.8. The number of nitrogens with one attached hydrogen (secondary N) is 2. The molecule has 0 aromatic heterocycles. The standard InChI is InChI=1S/C13H17ClN2O2/c1-18-12-4-2-9(6-11(12)14)7-15-8-10-3-5-13(17)16-10/h2,4,6,10,15H,3,5,7-8H2,1H3,(H,16,17). The summed E-state index contributed by atoms with van der Waals surface area (Å²) in [4.78, 5) is 11.0. The van der Waals surface area contributed by atoms with Gasteiger partial charge in [-0.05, 0) is 24.1 Å². The van der Waals surface area contributed by atoms with Crippen molar-refractivity contribution in [1.82, 2.24) is 10.6 Å². The van der Waals surface area contributed by atoms with Gasteiger partial charge >= 0.3 is 0 Å². The second-order valence-corrected chi connectivity index (χ2v) is 4.81. The van der Waals surface area contributed by atoms with Gasteiger partial charge in [0.1, 0.15) is 5.75 Å². The predicted octanol–water partition coefficient (Wildman–Crippen LogP) is 1.72. The Labute approximate surface area is 112 Å². The molecule has 18 heavy (non-hydrogen) atoms. The van der Waals surface area contributed by atoms with E-state index in [0.717, 1.165) is 25.1 Å². The van der Waals surface area contributed by atoms with Gasteiger partial charge in [0.2, 0.25) is 5.91 Å². The Morgan fingerprint density at radius 3 is 3.00 bits per heavy atom. The third-order valence-electron chi connectivity index (χ3n) is 3.02. The second-order valence-electron chi connectivity index (χ2n) is 4.40. The molecule has 1 aromatic rings. The van der Waals surface area contributed by atoms with Gasteiger partial charge < -0.3 is 15.4 Å². The maximum atomic E-state index is 11.0. The molecule has 0 spiro atoms. The number of benzene rings is 1. The minimum absolute atomic E-state index is 0.147. The summed E-state index contributed by atoms with van der Waals surface area (Å²) >= 11 is 6.04. The van der Waals surface area contributed by atoms with Gasteiger partial charge in [0.05, 0.1) is 12.1 Å². The Kier molecular flexibility index (Phi) is 4.44. The summed E-state index contributed by atoms with van der Waals surface area (Å²) in [7, 11) is 1.60. The van der Waals surface area contributed by atoms with Crippen LogP contribution in [0.25, 0.3) is 0 Å². The maximum absolute atomic E-state index is 11.0. The highest BCUT2D eigenvalue weighted by atomic mass is 35.5. The third-order valence-corrected chi connectivity index (χ3v) is 3.32. The number of rotatable bonds is 5. The quantitative estimate of drug-likeness (QED) is 0.855. The minimum atomic E-state index is 0.147. The Morgan fingerprint density at radius 1 is 1.56 bits per heavy atom. The zero-order valence-electron chi connectivity index (χ0n) is 10.3. The first kappa shape index (κ1) is 13.2. The van der Waals surface area contributed by atoms with Gasteiger partial charge in [-0.3, -0.25) is 4.79 Å². The molecule has 1 amide bonds. The van der Waals surface area contributed by atoms with E-state index in [4.69, 9.17) is 16.3 Å². The van der Waals surface area contributed by atoms with Crippen LogP contribution in [0.3, 0.4) is 0 Å². The van der Waals surface area contributed by atoms with E-state index < -0.39 is 0 Å². The fourth-order valence-corrected chi connectivity index (χ4v) is 2.32. The molecule has 5 heteroatoms. The molecule has 0 bridgehead atoms. The lowest BCUT2D eigenvalue weighted by Crippen LogP contribution is -2.35. The first-order valence-corrected chi connectivity index (χ1v) is 6.39. The van der Waals surface area contributed by atoms with E-state index in [1.54, 1.807) is 7.11 Å². The smallest absolute Gasteiger partial charge is 0.220 e. The molecule has 1 unspecified atom stereocenters. The van der Waals surface area contributed by atoms with E-state index >= 15 is 0 Å². The first-order valence-electron chi connectivity index (χ1n) is 6.01. The molecular weight excluding hydrogens is 252 g/mol. The van der Waals surface area contributed by atoms with Crippen LogP contribution in [0, 0.1) is 0 Å². The lowest BCUT2D eigenvalue weighted by atomic mass is 10.2. The van der Waals surface area contributed by atoms with Crippen molar-refractivity contribution in [2.75, 3.05) is 13.7 Å². The monoisotopic (exact) mass is 268 g/mol. The number of carbonyl (C=O) groups is 1. The van der Waals surface area contributed by atoms with Crippen molar-refractivity contribution in [2.24, 2.45) is 0 Å². The summed E-state index contributed by atoms with van der Waals surface area (Å²) in [6.45, 7) is 1.52. The molecule has 1 aromatic carbocycles. The lowest BCUT2D eigenvalue weighted by Gasteiger charge is -2.12. The van der Waals surface area contributed by atoms with Gasteiger partial charge in [-0.15, -0.1) is 0 Å². The largest absolute Gasteiger partial charge is 0.495 e. The van der Waals surface area contributed by atoms with Crippen LogP contribution in [0.4, 0.5) is 0 Å². The molecule has 1 saturated heterocycles. The van der Waals surface area contributed by atoms with Crippen molar-refractivity contribution in [2.45, 2.75) is 25.4 Å². The summed E-state index contributed by atoms with van der Waals surface area (Å²) in [5.74, 6) is 0.831. The Morgan fingerprint density at radius 2 is 2.39 bits per heavy atom. The molecule has 0 radical (unpaired) electrons. The fourth-order valence-electron chi connectivity index (χ4n) is 2.04. The summed E-state index contributed by atoms with van der Waals surface area (Å²) in [6.07, 6.45) is 1.55. The van der Waals surface area contributed by atoms with E-state index in [1.165, 1.54) is 0 Å². The van der Waals surface area contributed by atoms with E-state index in [9.17, 15) is 4.79 Å². The highest BCUT2D eigenvalue weighted by molar-refractivity contribution is 6.32. The molecule has 98 valence electrons. The third kappa shape index (κ3) is 3.37. The molecule has 1 atom stereocenters. The van der Waals surface area contributed by atoms with Crippen LogP contribution in [-0.4, -0.2) is 25.6 Å². The average Bonchev–Trinajstić information content (AvgIpc) is 2.75. The average molecular weight is 269 g/mol. The van der Waals surface area contributed by atoms with Crippen LogP contribution in [0.2, 0.25) is 5.02 Å². The number of ether oxygens (including phenoxy) is 1. The Bertz CT molecular complexity index is 437. The predicted molar refractivity (Wildman–Crippen MR) is 70.9 cm³/mol. The van der Waals surface area contributed by atoms with Gasteiger partial charge in [0.25, 0.3) is 0 Å². The highest BCUT2D eigenvalue weighted by Crippen LogP contribution is 2.24. The summed E-state index contributed by atoms with van der Waals surface area (Å²) < 4.78 is 5.10. The number of halogens is 1. The van der Waals surface area contributed by atoms with Crippen molar-refractivity contribution in [3.8, 4) is 5.75 Å². The van der Waals surface area contributed by atoms with Crippen LogP contribution < -0.4 is 15.4 Å². The number of carbonyl (C=O) groups excluding carboxylic acids is 1. The van der Waals surface area contributed by atoms with Crippen molar-refractivity contribution in [1.29, 1.82) is 0 Å². The number of methoxy groups -OCH3 is 1. The van der Waals surface area contributed by atoms with Gasteiger partial charge in [-0.25, -0.2) is 0 Å². The van der Waals surface area contributed by atoms with Gasteiger partial charge in [-0.1, -0.05) is 17.7 Å². The van der Waals surface area contributed by atoms with Crippen LogP contribution in [0.5, 0.6) is 5.75 Å². The molecule has 1 aliphatic rings. The first-order chi connectivity index (χ1) is 8.69. The number of amides is 1. The van der Waals surface area contributed by atoms with Crippen LogP contribution in [0.1, 0.15) is 18.4 Å². The van der Waals surface area contributed by atoms with Crippen LogP contribution >= 0.6 is 11.6 Å².